The number of aromatic nitrogens is 3. The van der Waals surface area contributed by atoms with E-state index in [0.717, 1.165) is 35.5 Å². The number of fused-ring (bicyclic) bond motifs is 2. The predicted molar refractivity (Wildman–Crippen MR) is 95.5 cm³/mol. The number of anilines is 1. The van der Waals surface area contributed by atoms with Crippen molar-refractivity contribution in [2.75, 3.05) is 5.32 Å². The van der Waals surface area contributed by atoms with Crippen molar-refractivity contribution in [1.29, 1.82) is 0 Å². The van der Waals surface area contributed by atoms with Crippen LogP contribution in [0.2, 0.25) is 0 Å². The average molecular weight is 360 g/mol. The van der Waals surface area contributed by atoms with Crippen molar-refractivity contribution in [2.45, 2.75) is 39.5 Å². The summed E-state index contributed by atoms with van der Waals surface area (Å²) in [7, 11) is 0. The number of carbonyl (C=O) groups excluding carboxylic acids is 1. The van der Waals surface area contributed by atoms with Crippen LogP contribution >= 0.6 is 22.7 Å². The number of amides is 1. The Bertz CT molecular complexity index is 992. The first-order valence-corrected chi connectivity index (χ1v) is 9.45. The molecule has 1 amide bonds. The smallest absolute Gasteiger partial charge is 0.271 e. The van der Waals surface area contributed by atoms with Gasteiger partial charge in [-0.15, -0.1) is 22.7 Å². The Morgan fingerprint density at radius 2 is 2.04 bits per heavy atom. The van der Waals surface area contributed by atoms with E-state index in [0.29, 0.717) is 10.1 Å². The maximum atomic E-state index is 12.6. The molecule has 0 aromatic carbocycles. The molecular weight excluding hydrogens is 344 g/mol. The van der Waals surface area contributed by atoms with Gasteiger partial charge in [0.1, 0.15) is 5.56 Å². The molecule has 124 valence electrons. The zero-order chi connectivity index (χ0) is 16.8. The molecule has 3 aromatic heterocycles. The fraction of sp³-hybridized carbons (Fsp3) is 0.375. The van der Waals surface area contributed by atoms with Crippen LogP contribution in [0.15, 0.2) is 11.0 Å². The van der Waals surface area contributed by atoms with Crippen LogP contribution in [-0.2, 0) is 12.8 Å². The molecule has 0 bridgehead atoms. The molecule has 0 atom stereocenters. The number of hydrogen-bond donors (Lipinski definition) is 1. The zero-order valence-electron chi connectivity index (χ0n) is 13.4. The van der Waals surface area contributed by atoms with E-state index in [1.165, 1.54) is 44.6 Å². The highest BCUT2D eigenvalue weighted by molar-refractivity contribution is 7.17. The number of rotatable bonds is 2. The van der Waals surface area contributed by atoms with E-state index in [9.17, 15) is 9.59 Å². The number of nitrogens with one attached hydrogen (secondary N) is 1. The van der Waals surface area contributed by atoms with E-state index >= 15 is 0 Å². The largest absolute Gasteiger partial charge is 0.298 e. The van der Waals surface area contributed by atoms with Crippen LogP contribution in [0.1, 0.15) is 44.3 Å². The Morgan fingerprint density at radius 1 is 1.25 bits per heavy atom. The van der Waals surface area contributed by atoms with Crippen LogP contribution < -0.4 is 10.9 Å². The first-order valence-electron chi connectivity index (χ1n) is 7.82. The average Bonchev–Trinajstić information content (AvgIpc) is 3.08. The van der Waals surface area contributed by atoms with Crippen LogP contribution in [0.25, 0.3) is 4.96 Å². The highest BCUT2D eigenvalue weighted by atomic mass is 32.1. The molecule has 6 nitrogen and oxygen atoms in total. The summed E-state index contributed by atoms with van der Waals surface area (Å²) in [6.07, 6.45) is 5.65. The number of hydrogen-bond acceptors (Lipinski definition) is 6. The Hall–Kier alpha value is -2.06. The Labute approximate surface area is 146 Å². The number of nitrogens with zero attached hydrogens (tertiary/aromatic N) is 3. The highest BCUT2D eigenvalue weighted by Gasteiger charge is 2.20. The highest BCUT2D eigenvalue weighted by Crippen LogP contribution is 2.29. The minimum absolute atomic E-state index is 0.0431. The molecule has 1 aliphatic rings. The molecule has 3 aromatic rings. The van der Waals surface area contributed by atoms with Gasteiger partial charge in [-0.3, -0.25) is 19.3 Å². The normalized spacial score (nSPS) is 13.9. The summed E-state index contributed by atoms with van der Waals surface area (Å²) in [5.74, 6) is -0.448. The summed E-state index contributed by atoms with van der Waals surface area (Å²) in [5, 5.41) is 3.33. The predicted octanol–water partition coefficient (Wildman–Crippen LogP) is 2.96. The van der Waals surface area contributed by atoms with Crippen LogP contribution in [0.5, 0.6) is 0 Å². The van der Waals surface area contributed by atoms with Gasteiger partial charge < -0.3 is 0 Å². The topological polar surface area (TPSA) is 76.4 Å². The summed E-state index contributed by atoms with van der Waals surface area (Å²) in [6.45, 7) is 3.80. The van der Waals surface area contributed by atoms with Crippen molar-refractivity contribution >= 4 is 38.7 Å². The lowest BCUT2D eigenvalue weighted by Crippen LogP contribution is -2.26. The van der Waals surface area contributed by atoms with E-state index in [4.69, 9.17) is 0 Å². The van der Waals surface area contributed by atoms with Crippen molar-refractivity contribution in [3.63, 3.8) is 0 Å². The molecule has 0 fully saturated rings. The lowest BCUT2D eigenvalue weighted by Gasteiger charge is -2.06. The zero-order valence-corrected chi connectivity index (χ0v) is 15.0. The summed E-state index contributed by atoms with van der Waals surface area (Å²) in [4.78, 5) is 36.8. The van der Waals surface area contributed by atoms with Gasteiger partial charge in [-0.05, 0) is 39.5 Å². The monoisotopic (exact) mass is 360 g/mol. The first kappa shape index (κ1) is 15.5. The van der Waals surface area contributed by atoms with E-state index in [1.807, 2.05) is 13.8 Å². The van der Waals surface area contributed by atoms with E-state index in [1.54, 1.807) is 0 Å². The van der Waals surface area contributed by atoms with Crippen molar-refractivity contribution in [2.24, 2.45) is 0 Å². The summed E-state index contributed by atoms with van der Waals surface area (Å²) in [5.41, 5.74) is 1.62. The van der Waals surface area contributed by atoms with Gasteiger partial charge in [0.15, 0.2) is 10.1 Å². The molecule has 0 saturated carbocycles. The third-order valence-electron chi connectivity index (χ3n) is 4.33. The second-order valence-corrected chi connectivity index (χ2v) is 8.15. The van der Waals surface area contributed by atoms with Crippen molar-refractivity contribution in [3.05, 3.63) is 43.3 Å². The van der Waals surface area contributed by atoms with Crippen LogP contribution in [0.3, 0.4) is 0 Å². The van der Waals surface area contributed by atoms with E-state index < -0.39 is 5.91 Å². The second-order valence-electron chi connectivity index (χ2n) is 5.89. The number of thiazole rings is 2. The molecule has 8 heteroatoms. The number of aryl methyl sites for hydroxylation is 4. The van der Waals surface area contributed by atoms with Crippen molar-refractivity contribution in [3.8, 4) is 0 Å². The van der Waals surface area contributed by atoms with Gasteiger partial charge in [0, 0.05) is 21.6 Å². The molecule has 0 aliphatic heterocycles. The molecule has 0 spiro atoms. The van der Waals surface area contributed by atoms with Gasteiger partial charge in [-0.2, -0.15) is 0 Å². The lowest BCUT2D eigenvalue weighted by atomic mass is 10.0. The molecule has 1 N–H and O–H groups in total. The standard InChI is InChI=1S/C16H16N4O2S2/c1-8-9(2)23-16-17-7-10(14(22)20(8)16)13(21)19-15-18-11-5-3-4-6-12(11)24-15/h7H,3-6H2,1-2H3,(H,18,19,21). The van der Waals surface area contributed by atoms with Gasteiger partial charge in [0.05, 0.1) is 5.69 Å². The lowest BCUT2D eigenvalue weighted by molar-refractivity contribution is 0.102. The van der Waals surface area contributed by atoms with E-state index in [-0.39, 0.29) is 11.1 Å². The quantitative estimate of drug-likeness (QED) is 0.762. The first-order chi connectivity index (χ1) is 11.5. The SMILES string of the molecule is Cc1sc2ncc(C(=O)Nc3nc4c(s3)CCCC4)c(=O)n2c1C. The summed E-state index contributed by atoms with van der Waals surface area (Å²) in [6, 6.07) is 0. The van der Waals surface area contributed by atoms with Crippen LogP contribution in [-0.4, -0.2) is 20.3 Å². The van der Waals surface area contributed by atoms with E-state index in [2.05, 4.69) is 15.3 Å². The van der Waals surface area contributed by atoms with Crippen molar-refractivity contribution < 1.29 is 4.79 Å². The second kappa shape index (κ2) is 5.78. The van der Waals surface area contributed by atoms with Gasteiger partial charge in [0.25, 0.3) is 11.5 Å². The molecule has 0 radical (unpaired) electrons. The van der Waals surface area contributed by atoms with Gasteiger partial charge in [0.2, 0.25) is 0 Å². The Morgan fingerprint density at radius 3 is 2.83 bits per heavy atom. The summed E-state index contributed by atoms with van der Waals surface area (Å²) >= 11 is 2.95. The molecular formula is C16H16N4O2S2. The van der Waals surface area contributed by atoms with Gasteiger partial charge >= 0.3 is 0 Å². The summed E-state index contributed by atoms with van der Waals surface area (Å²) < 4.78 is 1.50. The van der Waals surface area contributed by atoms with Crippen LogP contribution in [0, 0.1) is 13.8 Å². The molecule has 0 unspecified atom stereocenters. The Balaban J connectivity index is 1.68. The Kier molecular flexibility index (Phi) is 3.73. The maximum absolute atomic E-state index is 12.6. The minimum atomic E-state index is -0.448. The minimum Gasteiger partial charge on any atom is -0.298 e. The molecule has 1 aliphatic carbocycles. The molecule has 24 heavy (non-hydrogen) atoms. The van der Waals surface area contributed by atoms with Crippen molar-refractivity contribution in [1.82, 2.24) is 14.4 Å². The van der Waals surface area contributed by atoms with Gasteiger partial charge in [-0.1, -0.05) is 0 Å². The fourth-order valence-corrected chi connectivity index (χ4v) is 4.88. The molecule has 3 heterocycles. The third-order valence-corrected chi connectivity index (χ3v) is 6.47. The van der Waals surface area contributed by atoms with Gasteiger partial charge in [-0.25, -0.2) is 9.97 Å². The fourth-order valence-electron chi connectivity index (χ4n) is 2.90. The molecule has 0 saturated heterocycles. The number of carbonyl (C=O) groups is 1. The third kappa shape index (κ3) is 2.46. The maximum Gasteiger partial charge on any atom is 0.271 e. The van der Waals surface area contributed by atoms with Crippen LogP contribution in [0.4, 0.5) is 5.13 Å². The molecule has 4 rings (SSSR count).